The summed E-state index contributed by atoms with van der Waals surface area (Å²) in [6.07, 6.45) is 3.14. The number of H-pyrrole nitrogens is 1. The molecule has 1 aromatic carbocycles. The summed E-state index contributed by atoms with van der Waals surface area (Å²) in [5.41, 5.74) is 3.00. The molecule has 2 N–H and O–H groups in total. The minimum absolute atomic E-state index is 0.229. The third kappa shape index (κ3) is 2.50. The van der Waals surface area contributed by atoms with Crippen LogP contribution in [0, 0.1) is 0 Å². The van der Waals surface area contributed by atoms with Gasteiger partial charge in [-0.2, -0.15) is 5.10 Å². The molecule has 3 aromatic rings. The Labute approximate surface area is 123 Å². The zero-order valence-corrected chi connectivity index (χ0v) is 11.8. The number of carbonyl (C=O) groups is 1. The van der Waals surface area contributed by atoms with Crippen LogP contribution in [0.25, 0.3) is 11.3 Å². The van der Waals surface area contributed by atoms with Crippen LogP contribution in [0.3, 0.4) is 0 Å². The predicted octanol–water partition coefficient (Wildman–Crippen LogP) is 3.68. The molecule has 0 spiro atoms. The van der Waals surface area contributed by atoms with Crippen molar-refractivity contribution < 1.29 is 9.21 Å². The van der Waals surface area contributed by atoms with Crippen LogP contribution in [0.15, 0.2) is 57.9 Å². The summed E-state index contributed by atoms with van der Waals surface area (Å²) in [6, 6.07) is 11.0. The van der Waals surface area contributed by atoms with Crippen molar-refractivity contribution in [2.24, 2.45) is 0 Å². The molecule has 0 bridgehead atoms. The lowest BCUT2D eigenvalue weighted by atomic mass is 10.1. The first-order valence-electron chi connectivity index (χ1n) is 5.88. The second-order valence-electron chi connectivity index (χ2n) is 4.11. The van der Waals surface area contributed by atoms with E-state index >= 15 is 0 Å². The first-order chi connectivity index (χ1) is 9.74. The Kier molecular flexibility index (Phi) is 3.39. The second kappa shape index (κ2) is 5.34. The Morgan fingerprint density at radius 1 is 1.30 bits per heavy atom. The smallest absolute Gasteiger partial charge is 0.260 e. The SMILES string of the molecule is O=C(Nc1cccc(-c2ccn[nH]2)c1)c1ccoc1Br. The van der Waals surface area contributed by atoms with Crippen molar-refractivity contribution >= 4 is 27.5 Å². The summed E-state index contributed by atoms with van der Waals surface area (Å²) < 4.78 is 5.46. The van der Waals surface area contributed by atoms with E-state index in [4.69, 9.17) is 4.42 Å². The van der Waals surface area contributed by atoms with Gasteiger partial charge in [0.15, 0.2) is 4.67 Å². The zero-order chi connectivity index (χ0) is 13.9. The summed E-state index contributed by atoms with van der Waals surface area (Å²) in [5.74, 6) is -0.229. The first-order valence-corrected chi connectivity index (χ1v) is 6.67. The van der Waals surface area contributed by atoms with Crippen molar-refractivity contribution in [1.82, 2.24) is 10.2 Å². The molecule has 0 radical (unpaired) electrons. The van der Waals surface area contributed by atoms with Gasteiger partial charge in [-0.25, -0.2) is 0 Å². The van der Waals surface area contributed by atoms with Crippen molar-refractivity contribution in [3.8, 4) is 11.3 Å². The molecule has 0 aliphatic rings. The lowest BCUT2D eigenvalue weighted by molar-refractivity contribution is 0.102. The van der Waals surface area contributed by atoms with Gasteiger partial charge in [-0.3, -0.25) is 9.89 Å². The van der Waals surface area contributed by atoms with Crippen LogP contribution in [-0.4, -0.2) is 16.1 Å². The average Bonchev–Trinajstić information content (AvgIpc) is 3.09. The van der Waals surface area contributed by atoms with E-state index in [9.17, 15) is 4.79 Å². The van der Waals surface area contributed by atoms with Crippen molar-refractivity contribution in [3.63, 3.8) is 0 Å². The van der Waals surface area contributed by atoms with E-state index in [1.165, 1.54) is 6.26 Å². The molecule has 20 heavy (non-hydrogen) atoms. The van der Waals surface area contributed by atoms with E-state index in [2.05, 4.69) is 31.4 Å². The van der Waals surface area contributed by atoms with Crippen LogP contribution < -0.4 is 5.32 Å². The van der Waals surface area contributed by atoms with Gasteiger partial charge in [0, 0.05) is 17.4 Å². The highest BCUT2D eigenvalue weighted by atomic mass is 79.9. The molecule has 0 saturated heterocycles. The fourth-order valence-corrected chi connectivity index (χ4v) is 2.26. The number of hydrogen-bond acceptors (Lipinski definition) is 3. The standard InChI is InChI=1S/C14H10BrN3O2/c15-13-11(5-7-20-13)14(19)17-10-3-1-2-9(8-10)12-4-6-16-18-12/h1-8H,(H,16,18)(H,17,19). The highest BCUT2D eigenvalue weighted by molar-refractivity contribution is 9.10. The maximum Gasteiger partial charge on any atom is 0.260 e. The van der Waals surface area contributed by atoms with Gasteiger partial charge in [-0.05, 0) is 40.2 Å². The highest BCUT2D eigenvalue weighted by Crippen LogP contribution is 2.22. The number of amides is 1. The fraction of sp³-hybridized carbons (Fsp3) is 0. The molecule has 100 valence electrons. The van der Waals surface area contributed by atoms with Gasteiger partial charge in [-0.15, -0.1) is 0 Å². The maximum absolute atomic E-state index is 12.1. The molecule has 0 aliphatic heterocycles. The van der Waals surface area contributed by atoms with Crippen molar-refractivity contribution in [2.45, 2.75) is 0 Å². The van der Waals surface area contributed by atoms with Crippen LogP contribution in [0.5, 0.6) is 0 Å². The number of nitrogens with zero attached hydrogens (tertiary/aromatic N) is 1. The van der Waals surface area contributed by atoms with E-state index in [1.54, 1.807) is 12.3 Å². The van der Waals surface area contributed by atoms with Crippen LogP contribution in [0.4, 0.5) is 5.69 Å². The number of halogens is 1. The molecule has 0 aliphatic carbocycles. The number of aromatic amines is 1. The number of rotatable bonds is 3. The molecule has 5 nitrogen and oxygen atoms in total. The van der Waals surface area contributed by atoms with Gasteiger partial charge < -0.3 is 9.73 Å². The number of benzene rings is 1. The Bertz CT molecular complexity index is 734. The topological polar surface area (TPSA) is 70.9 Å². The third-order valence-corrected chi connectivity index (χ3v) is 3.41. The van der Waals surface area contributed by atoms with E-state index in [0.29, 0.717) is 15.9 Å². The third-order valence-electron chi connectivity index (χ3n) is 2.79. The highest BCUT2D eigenvalue weighted by Gasteiger charge is 2.13. The minimum Gasteiger partial charge on any atom is -0.457 e. The minimum atomic E-state index is -0.229. The molecule has 0 fully saturated rings. The number of anilines is 1. The summed E-state index contributed by atoms with van der Waals surface area (Å²) in [4.78, 5) is 12.1. The molecular formula is C14H10BrN3O2. The lowest BCUT2D eigenvalue weighted by Crippen LogP contribution is -2.11. The van der Waals surface area contributed by atoms with E-state index < -0.39 is 0 Å². The van der Waals surface area contributed by atoms with Crippen LogP contribution in [0.1, 0.15) is 10.4 Å². The normalized spacial score (nSPS) is 10.4. The summed E-state index contributed by atoms with van der Waals surface area (Å²) >= 11 is 3.19. The van der Waals surface area contributed by atoms with Crippen molar-refractivity contribution in [1.29, 1.82) is 0 Å². The molecule has 2 aromatic heterocycles. The predicted molar refractivity (Wildman–Crippen MR) is 78.4 cm³/mol. The Balaban J connectivity index is 1.83. The van der Waals surface area contributed by atoms with Crippen LogP contribution in [0.2, 0.25) is 0 Å². The van der Waals surface area contributed by atoms with Crippen LogP contribution in [-0.2, 0) is 0 Å². The van der Waals surface area contributed by atoms with Crippen LogP contribution >= 0.6 is 15.9 Å². The average molecular weight is 332 g/mol. The lowest BCUT2D eigenvalue weighted by Gasteiger charge is -2.05. The summed E-state index contributed by atoms with van der Waals surface area (Å²) in [5, 5.41) is 9.62. The summed E-state index contributed by atoms with van der Waals surface area (Å²) in [6.45, 7) is 0. The molecule has 0 saturated carbocycles. The first kappa shape index (κ1) is 12.7. The van der Waals surface area contributed by atoms with Gasteiger partial charge >= 0.3 is 0 Å². The van der Waals surface area contributed by atoms with E-state index in [-0.39, 0.29) is 5.91 Å². The molecule has 6 heteroatoms. The Morgan fingerprint density at radius 2 is 2.20 bits per heavy atom. The fourth-order valence-electron chi connectivity index (χ4n) is 1.84. The van der Waals surface area contributed by atoms with E-state index in [1.807, 2.05) is 30.3 Å². The second-order valence-corrected chi connectivity index (χ2v) is 4.83. The Morgan fingerprint density at radius 3 is 2.90 bits per heavy atom. The molecule has 0 unspecified atom stereocenters. The van der Waals surface area contributed by atoms with E-state index in [0.717, 1.165) is 11.3 Å². The molecule has 3 rings (SSSR count). The molecule has 1 amide bonds. The number of aromatic nitrogens is 2. The zero-order valence-electron chi connectivity index (χ0n) is 10.3. The van der Waals surface area contributed by atoms with Gasteiger partial charge in [0.05, 0.1) is 17.5 Å². The molecule has 0 atom stereocenters. The molecule has 2 heterocycles. The Hall–Kier alpha value is -2.34. The summed E-state index contributed by atoms with van der Waals surface area (Å²) in [7, 11) is 0. The molecular weight excluding hydrogens is 322 g/mol. The van der Waals surface area contributed by atoms with Gasteiger partial charge in [0.1, 0.15) is 0 Å². The quantitative estimate of drug-likeness (QED) is 0.768. The van der Waals surface area contributed by atoms with Gasteiger partial charge in [0.2, 0.25) is 0 Å². The van der Waals surface area contributed by atoms with Gasteiger partial charge in [0.25, 0.3) is 5.91 Å². The monoisotopic (exact) mass is 331 g/mol. The van der Waals surface area contributed by atoms with Crippen molar-refractivity contribution in [3.05, 3.63) is 59.1 Å². The largest absolute Gasteiger partial charge is 0.457 e. The maximum atomic E-state index is 12.1. The van der Waals surface area contributed by atoms with Gasteiger partial charge in [-0.1, -0.05) is 12.1 Å². The number of nitrogens with one attached hydrogen (secondary N) is 2. The van der Waals surface area contributed by atoms with Crippen molar-refractivity contribution in [2.75, 3.05) is 5.32 Å². The number of hydrogen-bond donors (Lipinski definition) is 2. The number of furan rings is 1. The number of carbonyl (C=O) groups excluding carboxylic acids is 1.